The average molecular weight is 395 g/mol. The van der Waals surface area contributed by atoms with Crippen molar-refractivity contribution in [2.24, 2.45) is 5.92 Å². The lowest BCUT2D eigenvalue weighted by Crippen LogP contribution is -2.52. The van der Waals surface area contributed by atoms with Gasteiger partial charge >= 0.3 is 0 Å². The summed E-state index contributed by atoms with van der Waals surface area (Å²) in [6, 6.07) is 4.34. The van der Waals surface area contributed by atoms with Crippen molar-refractivity contribution in [3.8, 4) is 0 Å². The molecule has 1 amide bonds. The lowest BCUT2D eigenvalue weighted by Gasteiger charge is -2.40. The van der Waals surface area contributed by atoms with E-state index < -0.39 is 10.0 Å². The minimum absolute atomic E-state index is 0.0457. The Morgan fingerprint density at radius 1 is 1.19 bits per heavy atom. The summed E-state index contributed by atoms with van der Waals surface area (Å²) < 4.78 is 25.5. The molecule has 2 aliphatic heterocycles. The standard InChI is InChI=1S/C19H30N4O3S/c1-3-27(25,26)23-9-6-17(7-10-23)19(24)22-13-11-21(12-14-22)16(2)18-5-4-8-20-15-18/h4-5,8,15-17H,3,6-7,9-14H2,1-2H3. The number of amides is 1. The number of hydrogen-bond donors (Lipinski definition) is 0. The molecule has 3 heterocycles. The lowest BCUT2D eigenvalue weighted by atomic mass is 9.96. The topological polar surface area (TPSA) is 73.8 Å². The van der Waals surface area contributed by atoms with Crippen LogP contribution >= 0.6 is 0 Å². The Morgan fingerprint density at radius 2 is 1.85 bits per heavy atom. The van der Waals surface area contributed by atoms with E-state index in [-0.39, 0.29) is 17.6 Å². The van der Waals surface area contributed by atoms with Crippen molar-refractivity contribution in [2.75, 3.05) is 45.0 Å². The highest BCUT2D eigenvalue weighted by atomic mass is 32.2. The van der Waals surface area contributed by atoms with Crippen LogP contribution in [0.15, 0.2) is 24.5 Å². The molecule has 1 aromatic heterocycles. The Bertz CT molecular complexity index is 725. The molecule has 0 bridgehead atoms. The first-order valence-electron chi connectivity index (χ1n) is 9.83. The van der Waals surface area contributed by atoms with Crippen LogP contribution in [-0.4, -0.2) is 78.4 Å². The van der Waals surface area contributed by atoms with Crippen LogP contribution in [-0.2, 0) is 14.8 Å². The Balaban J connectivity index is 1.49. The smallest absolute Gasteiger partial charge is 0.225 e. The minimum Gasteiger partial charge on any atom is -0.340 e. The molecule has 0 N–H and O–H groups in total. The predicted molar refractivity (Wildman–Crippen MR) is 105 cm³/mol. The fourth-order valence-corrected chi connectivity index (χ4v) is 5.12. The largest absolute Gasteiger partial charge is 0.340 e. The van der Waals surface area contributed by atoms with Crippen LogP contribution in [0.4, 0.5) is 0 Å². The Hall–Kier alpha value is -1.51. The summed E-state index contributed by atoms with van der Waals surface area (Å²) in [5, 5.41) is 0. The van der Waals surface area contributed by atoms with E-state index in [1.165, 1.54) is 9.87 Å². The third-order valence-corrected chi connectivity index (χ3v) is 7.78. The number of hydrogen-bond acceptors (Lipinski definition) is 5. The van der Waals surface area contributed by atoms with E-state index in [0.29, 0.717) is 32.0 Å². The normalized spacial score (nSPS) is 21.9. The maximum Gasteiger partial charge on any atom is 0.225 e. The summed E-state index contributed by atoms with van der Waals surface area (Å²) in [6.45, 7) is 7.94. The number of carbonyl (C=O) groups is 1. The van der Waals surface area contributed by atoms with Gasteiger partial charge in [-0.3, -0.25) is 14.7 Å². The van der Waals surface area contributed by atoms with Crippen LogP contribution in [0.5, 0.6) is 0 Å². The number of rotatable bonds is 5. The molecule has 2 aliphatic rings. The fourth-order valence-electron chi connectivity index (χ4n) is 3.99. The molecule has 0 spiro atoms. The summed E-state index contributed by atoms with van der Waals surface area (Å²) in [5.41, 5.74) is 1.20. The van der Waals surface area contributed by atoms with Crippen molar-refractivity contribution < 1.29 is 13.2 Å². The van der Waals surface area contributed by atoms with Crippen molar-refractivity contribution in [1.29, 1.82) is 0 Å². The monoisotopic (exact) mass is 394 g/mol. The van der Waals surface area contributed by atoms with Gasteiger partial charge in [0.15, 0.2) is 0 Å². The van der Waals surface area contributed by atoms with E-state index in [1.807, 2.05) is 17.2 Å². The second-order valence-corrected chi connectivity index (χ2v) is 9.66. The van der Waals surface area contributed by atoms with Crippen molar-refractivity contribution in [1.82, 2.24) is 19.1 Å². The highest BCUT2D eigenvalue weighted by molar-refractivity contribution is 7.89. The zero-order valence-corrected chi connectivity index (χ0v) is 17.1. The Labute approximate surface area is 162 Å². The summed E-state index contributed by atoms with van der Waals surface area (Å²) in [7, 11) is -3.14. The van der Waals surface area contributed by atoms with Gasteiger partial charge in [-0.15, -0.1) is 0 Å². The molecule has 150 valence electrons. The second-order valence-electron chi connectivity index (χ2n) is 7.40. The SMILES string of the molecule is CCS(=O)(=O)N1CCC(C(=O)N2CCN(C(C)c3cccnc3)CC2)CC1. The van der Waals surface area contributed by atoms with Crippen LogP contribution in [0.25, 0.3) is 0 Å². The molecule has 0 aromatic carbocycles. The van der Waals surface area contributed by atoms with E-state index in [0.717, 1.165) is 26.2 Å². The second kappa shape index (κ2) is 8.67. The van der Waals surface area contributed by atoms with Gasteiger partial charge in [-0.25, -0.2) is 12.7 Å². The van der Waals surface area contributed by atoms with Gasteiger partial charge < -0.3 is 4.90 Å². The first kappa shape index (κ1) is 20.2. The van der Waals surface area contributed by atoms with Crippen LogP contribution in [0, 0.1) is 5.92 Å². The van der Waals surface area contributed by atoms with Gasteiger partial charge in [0.2, 0.25) is 15.9 Å². The van der Waals surface area contributed by atoms with Crippen molar-refractivity contribution >= 4 is 15.9 Å². The molecular weight excluding hydrogens is 364 g/mol. The Kier molecular flexibility index (Phi) is 6.49. The third-order valence-electron chi connectivity index (χ3n) is 5.90. The van der Waals surface area contributed by atoms with Crippen LogP contribution in [0.1, 0.15) is 38.3 Å². The van der Waals surface area contributed by atoms with E-state index in [9.17, 15) is 13.2 Å². The zero-order valence-electron chi connectivity index (χ0n) is 16.2. The molecule has 0 saturated carbocycles. The number of piperidine rings is 1. The molecule has 0 radical (unpaired) electrons. The summed E-state index contributed by atoms with van der Waals surface area (Å²) >= 11 is 0. The lowest BCUT2D eigenvalue weighted by molar-refractivity contribution is -0.138. The molecule has 8 heteroatoms. The fraction of sp³-hybridized carbons (Fsp3) is 0.684. The minimum atomic E-state index is -3.14. The number of piperazine rings is 1. The van der Waals surface area contributed by atoms with E-state index in [4.69, 9.17) is 0 Å². The number of nitrogens with zero attached hydrogens (tertiary/aromatic N) is 4. The molecule has 0 aliphatic carbocycles. The first-order chi connectivity index (χ1) is 12.9. The zero-order chi connectivity index (χ0) is 19.4. The molecule has 1 aromatic rings. The summed E-state index contributed by atoms with van der Waals surface area (Å²) in [5.74, 6) is 0.274. The number of aromatic nitrogens is 1. The molecule has 2 saturated heterocycles. The average Bonchev–Trinajstić information content (AvgIpc) is 2.73. The molecule has 1 unspecified atom stereocenters. The molecule has 27 heavy (non-hydrogen) atoms. The van der Waals surface area contributed by atoms with Gasteiger partial charge in [-0.1, -0.05) is 6.07 Å². The third kappa shape index (κ3) is 4.67. The van der Waals surface area contributed by atoms with Crippen molar-refractivity contribution in [3.05, 3.63) is 30.1 Å². The van der Waals surface area contributed by atoms with Crippen LogP contribution in [0.3, 0.4) is 0 Å². The summed E-state index contributed by atoms with van der Waals surface area (Å²) in [4.78, 5) is 21.4. The van der Waals surface area contributed by atoms with Crippen LogP contribution < -0.4 is 0 Å². The van der Waals surface area contributed by atoms with Gasteiger partial charge in [0.25, 0.3) is 0 Å². The Morgan fingerprint density at radius 3 is 2.41 bits per heavy atom. The number of pyridine rings is 1. The maximum absolute atomic E-state index is 12.9. The van der Waals surface area contributed by atoms with E-state index in [2.05, 4.69) is 22.9 Å². The van der Waals surface area contributed by atoms with Crippen molar-refractivity contribution in [2.45, 2.75) is 32.7 Å². The highest BCUT2D eigenvalue weighted by Crippen LogP contribution is 2.24. The van der Waals surface area contributed by atoms with Gasteiger partial charge in [0.05, 0.1) is 5.75 Å². The van der Waals surface area contributed by atoms with Crippen LogP contribution in [0.2, 0.25) is 0 Å². The van der Waals surface area contributed by atoms with Gasteiger partial charge in [0, 0.05) is 63.6 Å². The molecule has 2 fully saturated rings. The van der Waals surface area contributed by atoms with Gasteiger partial charge in [-0.05, 0) is 38.3 Å². The first-order valence-corrected chi connectivity index (χ1v) is 11.4. The van der Waals surface area contributed by atoms with Crippen molar-refractivity contribution in [3.63, 3.8) is 0 Å². The molecule has 1 atom stereocenters. The maximum atomic E-state index is 12.9. The number of carbonyl (C=O) groups excluding carboxylic acids is 1. The van der Waals surface area contributed by atoms with Gasteiger partial charge in [0.1, 0.15) is 0 Å². The molecule has 7 nitrogen and oxygen atoms in total. The summed E-state index contributed by atoms with van der Waals surface area (Å²) in [6.07, 6.45) is 4.94. The van der Waals surface area contributed by atoms with Gasteiger partial charge in [-0.2, -0.15) is 0 Å². The van der Waals surface area contributed by atoms with E-state index in [1.54, 1.807) is 13.1 Å². The number of sulfonamides is 1. The molecule has 3 rings (SSSR count). The van der Waals surface area contributed by atoms with E-state index >= 15 is 0 Å². The predicted octanol–water partition coefficient (Wildman–Crippen LogP) is 1.35. The highest BCUT2D eigenvalue weighted by Gasteiger charge is 2.33. The molecular formula is C19H30N4O3S. The quantitative estimate of drug-likeness (QED) is 0.754.